The van der Waals surface area contributed by atoms with E-state index >= 15 is 0 Å². The van der Waals surface area contributed by atoms with Crippen LogP contribution >= 0.6 is 0 Å². The molecule has 0 aromatic rings. The Balaban J connectivity index is 1.55. The quantitative estimate of drug-likeness (QED) is 0.781. The Kier molecular flexibility index (Phi) is 6.37. The van der Waals surface area contributed by atoms with E-state index in [1.807, 2.05) is 0 Å². The molecule has 1 N–H and O–H groups in total. The first kappa shape index (κ1) is 16.8. The molecule has 0 aromatic carbocycles. The van der Waals surface area contributed by atoms with E-state index in [1.165, 1.54) is 25.7 Å². The maximum absolute atomic E-state index is 12.8. The third kappa shape index (κ3) is 5.23. The minimum Gasteiger partial charge on any atom is -0.376 e. The molecule has 2 amide bonds. The maximum atomic E-state index is 12.8. The van der Waals surface area contributed by atoms with Crippen LogP contribution in [0.1, 0.15) is 64.2 Å². The van der Waals surface area contributed by atoms with E-state index in [1.54, 1.807) is 0 Å². The minimum atomic E-state index is 0.141. The van der Waals surface area contributed by atoms with Crippen LogP contribution in [0.3, 0.4) is 0 Å². The molecule has 2 atom stereocenters. The number of hydrogen-bond donors (Lipinski definition) is 1. The molecule has 0 unspecified atom stereocenters. The van der Waals surface area contributed by atoms with Gasteiger partial charge in [-0.25, -0.2) is 4.79 Å². The van der Waals surface area contributed by atoms with Gasteiger partial charge in [0, 0.05) is 25.7 Å². The van der Waals surface area contributed by atoms with Crippen LogP contribution in [0.25, 0.3) is 0 Å². The molecule has 4 heteroatoms. The van der Waals surface area contributed by atoms with Crippen LogP contribution < -0.4 is 5.32 Å². The van der Waals surface area contributed by atoms with Gasteiger partial charge in [-0.05, 0) is 50.9 Å². The number of rotatable bonds is 5. The van der Waals surface area contributed by atoms with E-state index in [0.717, 1.165) is 58.2 Å². The largest absolute Gasteiger partial charge is 0.376 e. The molecular weight excluding hydrogens is 288 g/mol. The summed E-state index contributed by atoms with van der Waals surface area (Å²) in [7, 11) is 0. The van der Waals surface area contributed by atoms with Crippen molar-refractivity contribution in [1.82, 2.24) is 10.2 Å². The summed E-state index contributed by atoms with van der Waals surface area (Å²) in [6.45, 7) is 2.50. The van der Waals surface area contributed by atoms with Crippen molar-refractivity contribution in [1.29, 1.82) is 0 Å². The molecule has 0 radical (unpaired) electrons. The van der Waals surface area contributed by atoms with Gasteiger partial charge in [0.2, 0.25) is 0 Å². The van der Waals surface area contributed by atoms with Crippen molar-refractivity contribution in [3.63, 3.8) is 0 Å². The Morgan fingerprint density at radius 3 is 2.61 bits per heavy atom. The van der Waals surface area contributed by atoms with Crippen molar-refractivity contribution >= 4 is 6.03 Å². The van der Waals surface area contributed by atoms with Crippen molar-refractivity contribution in [2.45, 2.75) is 76.4 Å². The van der Waals surface area contributed by atoms with Crippen molar-refractivity contribution in [3.05, 3.63) is 12.2 Å². The molecule has 3 rings (SSSR count). The van der Waals surface area contributed by atoms with Crippen LogP contribution in [0.2, 0.25) is 0 Å². The highest BCUT2D eigenvalue weighted by atomic mass is 16.5. The van der Waals surface area contributed by atoms with Gasteiger partial charge >= 0.3 is 6.03 Å². The zero-order valence-corrected chi connectivity index (χ0v) is 14.3. The van der Waals surface area contributed by atoms with Gasteiger partial charge in [0.05, 0.1) is 6.10 Å². The normalized spacial score (nSPS) is 28.7. The summed E-state index contributed by atoms with van der Waals surface area (Å²) >= 11 is 0. The number of nitrogens with zero attached hydrogens (tertiary/aromatic N) is 1. The molecule has 0 bridgehead atoms. The molecule has 0 aromatic heterocycles. The summed E-state index contributed by atoms with van der Waals surface area (Å²) in [6, 6.07) is 0.524. The van der Waals surface area contributed by atoms with Gasteiger partial charge in [-0.2, -0.15) is 0 Å². The van der Waals surface area contributed by atoms with Gasteiger partial charge < -0.3 is 15.0 Å². The summed E-state index contributed by atoms with van der Waals surface area (Å²) in [5.41, 5.74) is 0. The summed E-state index contributed by atoms with van der Waals surface area (Å²) < 4.78 is 5.78. The van der Waals surface area contributed by atoms with E-state index in [-0.39, 0.29) is 12.1 Å². The van der Waals surface area contributed by atoms with E-state index in [4.69, 9.17) is 4.74 Å². The number of amides is 2. The van der Waals surface area contributed by atoms with Gasteiger partial charge in [-0.15, -0.1) is 0 Å². The number of hydrogen-bond acceptors (Lipinski definition) is 2. The standard InChI is InChI=1S/C19H32N2O2/c22-19(20-17-10-5-2-6-11-17)21(15-18-12-7-13-23-18)14-16-8-3-1-4-9-16/h1,3,16-18H,2,4-15H2,(H,20,22)/t16-,18+/m0/s1. The molecule has 1 heterocycles. The predicted octanol–water partition coefficient (Wildman–Crippen LogP) is 3.87. The average Bonchev–Trinajstić information content (AvgIpc) is 3.09. The second kappa shape index (κ2) is 8.72. The Hall–Kier alpha value is -1.03. The van der Waals surface area contributed by atoms with Crippen LogP contribution in [0.4, 0.5) is 4.79 Å². The van der Waals surface area contributed by atoms with E-state index < -0.39 is 0 Å². The zero-order valence-electron chi connectivity index (χ0n) is 14.3. The van der Waals surface area contributed by atoms with E-state index in [0.29, 0.717) is 12.0 Å². The number of allylic oxidation sites excluding steroid dienone is 2. The van der Waals surface area contributed by atoms with Crippen molar-refractivity contribution in [2.24, 2.45) is 5.92 Å². The SMILES string of the molecule is O=C(NC1CCCCC1)N(C[C@H]1CC=CCC1)C[C@H]1CCCO1. The molecule has 4 nitrogen and oxygen atoms in total. The zero-order chi connectivity index (χ0) is 15.9. The van der Waals surface area contributed by atoms with Crippen molar-refractivity contribution in [3.8, 4) is 0 Å². The van der Waals surface area contributed by atoms with Gasteiger partial charge in [0.25, 0.3) is 0 Å². The predicted molar refractivity (Wildman–Crippen MR) is 92.4 cm³/mol. The molecular formula is C19H32N2O2. The average molecular weight is 320 g/mol. The Morgan fingerprint density at radius 1 is 1.04 bits per heavy atom. The fourth-order valence-corrected chi connectivity index (χ4v) is 4.12. The molecule has 1 aliphatic heterocycles. The topological polar surface area (TPSA) is 41.6 Å². The van der Waals surface area contributed by atoms with Gasteiger partial charge in [0.1, 0.15) is 0 Å². The monoisotopic (exact) mass is 320 g/mol. The smallest absolute Gasteiger partial charge is 0.317 e. The second-order valence-corrected chi connectivity index (χ2v) is 7.47. The highest BCUT2D eigenvalue weighted by molar-refractivity contribution is 5.74. The van der Waals surface area contributed by atoms with Crippen LogP contribution in [-0.4, -0.2) is 42.8 Å². The molecule has 130 valence electrons. The summed E-state index contributed by atoms with van der Waals surface area (Å²) in [5.74, 6) is 0.610. The Labute approximate surface area is 140 Å². The summed E-state index contributed by atoms with van der Waals surface area (Å²) in [4.78, 5) is 14.9. The van der Waals surface area contributed by atoms with Crippen LogP contribution in [0.15, 0.2) is 12.2 Å². The van der Waals surface area contributed by atoms with Crippen LogP contribution in [0.5, 0.6) is 0 Å². The lowest BCUT2D eigenvalue weighted by molar-refractivity contribution is 0.0755. The Morgan fingerprint density at radius 2 is 1.91 bits per heavy atom. The van der Waals surface area contributed by atoms with E-state index in [2.05, 4.69) is 22.4 Å². The van der Waals surface area contributed by atoms with Gasteiger partial charge in [-0.3, -0.25) is 0 Å². The summed E-state index contributed by atoms with van der Waals surface area (Å²) in [6.07, 6.45) is 16.6. The number of nitrogens with one attached hydrogen (secondary N) is 1. The maximum Gasteiger partial charge on any atom is 0.317 e. The second-order valence-electron chi connectivity index (χ2n) is 7.47. The fraction of sp³-hybridized carbons (Fsp3) is 0.842. The fourth-order valence-electron chi connectivity index (χ4n) is 4.12. The molecule has 23 heavy (non-hydrogen) atoms. The molecule has 2 aliphatic carbocycles. The molecule has 1 saturated carbocycles. The van der Waals surface area contributed by atoms with Crippen LogP contribution in [-0.2, 0) is 4.74 Å². The van der Waals surface area contributed by atoms with Crippen LogP contribution in [0, 0.1) is 5.92 Å². The minimum absolute atomic E-state index is 0.141. The summed E-state index contributed by atoms with van der Waals surface area (Å²) in [5, 5.41) is 3.30. The highest BCUT2D eigenvalue weighted by Gasteiger charge is 2.26. The van der Waals surface area contributed by atoms with Gasteiger partial charge in [-0.1, -0.05) is 31.4 Å². The van der Waals surface area contributed by atoms with Crippen molar-refractivity contribution < 1.29 is 9.53 Å². The number of carbonyl (C=O) groups excluding carboxylic acids is 1. The molecule has 3 aliphatic rings. The lowest BCUT2D eigenvalue weighted by Gasteiger charge is -2.32. The third-order valence-corrected chi connectivity index (χ3v) is 5.52. The van der Waals surface area contributed by atoms with Gasteiger partial charge in [0.15, 0.2) is 0 Å². The first-order chi connectivity index (χ1) is 11.3. The van der Waals surface area contributed by atoms with E-state index in [9.17, 15) is 4.79 Å². The molecule has 1 saturated heterocycles. The molecule has 2 fully saturated rings. The first-order valence-electron chi connectivity index (χ1n) is 9.63. The molecule has 0 spiro atoms. The highest BCUT2D eigenvalue weighted by Crippen LogP contribution is 2.22. The van der Waals surface area contributed by atoms with Crippen molar-refractivity contribution in [2.75, 3.05) is 19.7 Å². The first-order valence-corrected chi connectivity index (χ1v) is 9.63. The lowest BCUT2D eigenvalue weighted by atomic mass is 9.93. The third-order valence-electron chi connectivity index (χ3n) is 5.52. The Bertz CT molecular complexity index is 398. The lowest BCUT2D eigenvalue weighted by Crippen LogP contribution is -2.49. The number of carbonyl (C=O) groups is 1. The number of urea groups is 1. The number of ether oxygens (including phenoxy) is 1.